The molecule has 7 aromatic carbocycles. The third-order valence-electron chi connectivity index (χ3n) is 10.0. The second-order valence-corrected chi connectivity index (χ2v) is 12.5. The van der Waals surface area contributed by atoms with Gasteiger partial charge in [0.1, 0.15) is 0 Å². The van der Waals surface area contributed by atoms with Crippen molar-refractivity contribution in [1.29, 1.82) is 0 Å². The van der Waals surface area contributed by atoms with Crippen LogP contribution in [0.5, 0.6) is 0 Å². The third kappa shape index (κ3) is 3.74. The summed E-state index contributed by atoms with van der Waals surface area (Å²) in [6.07, 6.45) is 2.01. The molecular formula is C44H32N2. The van der Waals surface area contributed by atoms with Crippen LogP contribution in [0.3, 0.4) is 0 Å². The van der Waals surface area contributed by atoms with Crippen LogP contribution in [-0.2, 0) is 5.41 Å². The minimum atomic E-state index is -0.381. The summed E-state index contributed by atoms with van der Waals surface area (Å²) in [7, 11) is 0. The monoisotopic (exact) mass is 588 g/mol. The minimum absolute atomic E-state index is 0.101. The zero-order valence-corrected chi connectivity index (χ0v) is 25.6. The Balaban J connectivity index is 1.25. The van der Waals surface area contributed by atoms with Gasteiger partial charge in [0.25, 0.3) is 0 Å². The van der Waals surface area contributed by atoms with Gasteiger partial charge in [-0.2, -0.15) is 0 Å². The molecule has 46 heavy (non-hydrogen) atoms. The van der Waals surface area contributed by atoms with Gasteiger partial charge in [0.2, 0.25) is 0 Å². The maximum Gasteiger partial charge on any atom is 0.0728 e. The minimum Gasteiger partial charge on any atom is -0.398 e. The Labute approximate surface area is 269 Å². The average molecular weight is 589 g/mol. The van der Waals surface area contributed by atoms with Gasteiger partial charge < -0.3 is 5.73 Å². The Morgan fingerprint density at radius 3 is 1.80 bits per heavy atom. The summed E-state index contributed by atoms with van der Waals surface area (Å²) >= 11 is 0. The predicted octanol–water partition coefficient (Wildman–Crippen LogP) is 10.2. The SMILES string of the molecule is CC(N=C(/C=C(\N)c1ccccc1)c1ccccc1)c1ccc2c(c1)C1(c3ccccc3-2)c2cccc3ccc4cccc1c4c23. The topological polar surface area (TPSA) is 38.4 Å². The van der Waals surface area contributed by atoms with E-state index in [0.717, 1.165) is 16.8 Å². The zero-order valence-electron chi connectivity index (χ0n) is 25.6. The van der Waals surface area contributed by atoms with Gasteiger partial charge in [-0.05, 0) is 84.6 Å². The lowest BCUT2D eigenvalue weighted by atomic mass is 9.70. The van der Waals surface area contributed by atoms with Crippen LogP contribution in [0.2, 0.25) is 0 Å². The molecule has 0 saturated carbocycles. The van der Waals surface area contributed by atoms with E-state index in [1.54, 1.807) is 0 Å². The van der Waals surface area contributed by atoms with Crippen LogP contribution in [0, 0.1) is 0 Å². The molecule has 0 amide bonds. The summed E-state index contributed by atoms with van der Waals surface area (Å²) < 4.78 is 0. The van der Waals surface area contributed by atoms with E-state index in [4.69, 9.17) is 10.7 Å². The lowest BCUT2D eigenvalue weighted by molar-refractivity contribution is 0.779. The van der Waals surface area contributed by atoms with Gasteiger partial charge in [-0.1, -0.05) is 152 Å². The second kappa shape index (κ2) is 10.2. The molecular weight excluding hydrogens is 556 g/mol. The molecule has 218 valence electrons. The number of rotatable bonds is 5. The fourth-order valence-corrected chi connectivity index (χ4v) is 8.01. The summed E-state index contributed by atoms with van der Waals surface area (Å²) in [5, 5.41) is 5.35. The highest BCUT2D eigenvalue weighted by Crippen LogP contribution is 2.62. The van der Waals surface area contributed by atoms with Crippen LogP contribution in [0.15, 0.2) is 163 Å². The fourth-order valence-electron chi connectivity index (χ4n) is 8.01. The highest BCUT2D eigenvalue weighted by molar-refractivity contribution is 6.17. The zero-order chi connectivity index (χ0) is 30.8. The van der Waals surface area contributed by atoms with Gasteiger partial charge >= 0.3 is 0 Å². The molecule has 0 fully saturated rings. The average Bonchev–Trinajstić information content (AvgIpc) is 3.59. The van der Waals surface area contributed by atoms with Crippen molar-refractivity contribution >= 4 is 33.0 Å². The maximum absolute atomic E-state index is 6.64. The van der Waals surface area contributed by atoms with Gasteiger partial charge in [0.15, 0.2) is 0 Å². The number of allylic oxidation sites excluding steroid dienone is 1. The molecule has 2 N–H and O–H groups in total. The van der Waals surface area contributed by atoms with Gasteiger partial charge in [0.05, 0.1) is 17.2 Å². The molecule has 0 heterocycles. The van der Waals surface area contributed by atoms with Crippen molar-refractivity contribution in [1.82, 2.24) is 0 Å². The van der Waals surface area contributed by atoms with Gasteiger partial charge in [-0.15, -0.1) is 0 Å². The van der Waals surface area contributed by atoms with E-state index in [-0.39, 0.29) is 11.5 Å². The van der Waals surface area contributed by atoms with E-state index in [1.807, 2.05) is 42.5 Å². The quantitative estimate of drug-likeness (QED) is 0.158. The number of aliphatic imine (C=N–C) groups is 1. The molecule has 0 saturated heterocycles. The Morgan fingerprint density at radius 1 is 0.565 bits per heavy atom. The molecule has 2 aliphatic carbocycles. The predicted molar refractivity (Wildman–Crippen MR) is 192 cm³/mol. The third-order valence-corrected chi connectivity index (χ3v) is 10.0. The molecule has 1 unspecified atom stereocenters. The van der Waals surface area contributed by atoms with Crippen molar-refractivity contribution in [3.8, 4) is 11.1 Å². The number of fused-ring (bicyclic) bond motifs is 7. The number of hydrogen-bond donors (Lipinski definition) is 1. The fraction of sp³-hybridized carbons (Fsp3) is 0.0682. The highest BCUT2D eigenvalue weighted by Gasteiger charge is 2.50. The lowest BCUT2D eigenvalue weighted by Crippen LogP contribution is -2.26. The Morgan fingerprint density at radius 2 is 1.13 bits per heavy atom. The van der Waals surface area contributed by atoms with E-state index in [9.17, 15) is 0 Å². The number of benzene rings is 7. The first-order valence-corrected chi connectivity index (χ1v) is 16.0. The molecule has 7 aromatic rings. The standard InChI is InChI=1S/C44H32N2/c1-28(46-41(30-14-6-3-7-15-30)27-40(45)29-12-4-2-5-13-29)33-24-25-35-34-18-8-9-19-36(34)44(39(35)26-33)37-20-10-16-31-22-23-32-17-11-21-38(44)43(32)42(31)37/h2-28H,45H2,1H3/b40-27-,46-41?. The second-order valence-electron chi connectivity index (χ2n) is 12.5. The molecule has 2 nitrogen and oxygen atoms in total. The van der Waals surface area contributed by atoms with Crippen molar-refractivity contribution in [2.45, 2.75) is 18.4 Å². The van der Waals surface area contributed by atoms with E-state index < -0.39 is 0 Å². The Hall–Kier alpha value is -5.73. The van der Waals surface area contributed by atoms with Crippen LogP contribution in [-0.4, -0.2) is 5.71 Å². The molecule has 1 spiro atoms. The first-order chi connectivity index (χ1) is 22.6. The molecule has 2 heteroatoms. The van der Waals surface area contributed by atoms with Crippen LogP contribution in [0.25, 0.3) is 38.4 Å². The molecule has 1 atom stereocenters. The molecule has 0 aliphatic heterocycles. The summed E-state index contributed by atoms with van der Waals surface area (Å²) in [5.74, 6) is 0. The number of nitrogens with zero attached hydrogens (tertiary/aromatic N) is 1. The maximum atomic E-state index is 6.64. The summed E-state index contributed by atoms with van der Waals surface area (Å²) in [5.41, 5.74) is 19.1. The van der Waals surface area contributed by atoms with Crippen LogP contribution < -0.4 is 5.73 Å². The van der Waals surface area contributed by atoms with E-state index in [2.05, 4.69) is 122 Å². The lowest BCUT2D eigenvalue weighted by Gasteiger charge is -2.31. The first kappa shape index (κ1) is 26.7. The van der Waals surface area contributed by atoms with E-state index >= 15 is 0 Å². The summed E-state index contributed by atoms with van der Waals surface area (Å²) in [6.45, 7) is 2.19. The van der Waals surface area contributed by atoms with Crippen LogP contribution in [0.4, 0.5) is 0 Å². The van der Waals surface area contributed by atoms with Crippen molar-refractivity contribution in [3.63, 3.8) is 0 Å². The molecule has 0 aromatic heterocycles. The number of nitrogens with two attached hydrogens (primary N) is 1. The van der Waals surface area contributed by atoms with E-state index in [1.165, 1.54) is 60.5 Å². The van der Waals surface area contributed by atoms with Gasteiger partial charge in [-0.25, -0.2) is 0 Å². The van der Waals surface area contributed by atoms with Crippen LogP contribution >= 0.6 is 0 Å². The normalized spacial score (nSPS) is 15.1. The van der Waals surface area contributed by atoms with Crippen molar-refractivity contribution < 1.29 is 0 Å². The Kier molecular flexibility index (Phi) is 5.88. The Bertz CT molecular complexity index is 2320. The van der Waals surface area contributed by atoms with Gasteiger partial charge in [-0.3, -0.25) is 4.99 Å². The highest BCUT2D eigenvalue weighted by atomic mass is 14.8. The number of hydrogen-bond acceptors (Lipinski definition) is 2. The first-order valence-electron chi connectivity index (χ1n) is 16.0. The van der Waals surface area contributed by atoms with E-state index in [0.29, 0.717) is 5.70 Å². The molecule has 0 bridgehead atoms. The largest absolute Gasteiger partial charge is 0.398 e. The van der Waals surface area contributed by atoms with Crippen LogP contribution in [0.1, 0.15) is 51.9 Å². The smallest absolute Gasteiger partial charge is 0.0728 e. The van der Waals surface area contributed by atoms with Crippen molar-refractivity contribution in [2.24, 2.45) is 10.7 Å². The summed E-state index contributed by atoms with van der Waals surface area (Å²) in [4.78, 5) is 5.35. The molecule has 0 radical (unpaired) electrons. The van der Waals surface area contributed by atoms with Crippen molar-refractivity contribution in [2.75, 3.05) is 0 Å². The molecule has 2 aliphatic rings. The van der Waals surface area contributed by atoms with Crippen molar-refractivity contribution in [3.05, 3.63) is 197 Å². The summed E-state index contributed by atoms with van der Waals surface area (Å²) in [6, 6.07) is 54.6. The van der Waals surface area contributed by atoms with Gasteiger partial charge in [0, 0.05) is 5.70 Å². The molecule has 9 rings (SSSR count).